The number of nitrogens with one attached hydrogen (secondary N) is 2. The molecule has 0 unspecified atom stereocenters. The zero-order valence-corrected chi connectivity index (χ0v) is 16.3. The molecule has 5 nitrogen and oxygen atoms in total. The van der Waals surface area contributed by atoms with E-state index in [1.165, 1.54) is 6.92 Å². The number of benzene rings is 3. The summed E-state index contributed by atoms with van der Waals surface area (Å²) in [5, 5.41) is 6.09. The Morgan fingerprint density at radius 1 is 0.759 bits per heavy atom. The Bertz CT molecular complexity index is 1030. The lowest BCUT2D eigenvalue weighted by Crippen LogP contribution is -2.10. The van der Waals surface area contributed by atoms with Crippen molar-refractivity contribution in [1.29, 1.82) is 0 Å². The third-order valence-electron chi connectivity index (χ3n) is 4.24. The molecule has 0 radical (unpaired) electrons. The zero-order valence-electron chi connectivity index (χ0n) is 16.3. The topological polar surface area (TPSA) is 67.4 Å². The number of para-hydroxylation sites is 2. The molecule has 0 spiro atoms. The fraction of sp³-hybridized carbons (Fsp3) is 0.0833. The Morgan fingerprint density at radius 2 is 1.34 bits per heavy atom. The van der Waals surface area contributed by atoms with Gasteiger partial charge in [0.05, 0.1) is 18.5 Å². The second kappa shape index (κ2) is 9.37. The minimum Gasteiger partial charge on any atom is -0.497 e. The summed E-state index contributed by atoms with van der Waals surface area (Å²) in [7, 11) is 1.58. The molecule has 0 aromatic heterocycles. The first kappa shape index (κ1) is 19.9. The standard InChI is InChI=1S/C24H22N2O3/c1-17(27)25-21-10-6-7-11-22(21)26-23(18-8-4-3-5-9-18)16-24(28)19-12-14-20(29-2)15-13-19/h3-16,26H,1-2H3,(H,25,27)/b23-16-. The van der Waals surface area contributed by atoms with Gasteiger partial charge < -0.3 is 15.4 Å². The highest BCUT2D eigenvalue weighted by Gasteiger charge is 2.10. The Hall–Kier alpha value is -3.86. The fourth-order valence-corrected chi connectivity index (χ4v) is 2.81. The Morgan fingerprint density at radius 3 is 1.93 bits per heavy atom. The molecular weight excluding hydrogens is 364 g/mol. The molecule has 0 aliphatic rings. The van der Waals surface area contributed by atoms with Gasteiger partial charge in [0, 0.05) is 24.3 Å². The molecule has 1 amide bonds. The summed E-state index contributed by atoms with van der Waals surface area (Å²) in [6.45, 7) is 1.46. The van der Waals surface area contributed by atoms with Gasteiger partial charge in [0.25, 0.3) is 0 Å². The molecule has 0 bridgehead atoms. The van der Waals surface area contributed by atoms with Gasteiger partial charge in [-0.2, -0.15) is 0 Å². The zero-order chi connectivity index (χ0) is 20.6. The SMILES string of the molecule is COc1ccc(C(=O)/C=C(\Nc2ccccc2NC(C)=O)c2ccccc2)cc1. The van der Waals surface area contributed by atoms with E-state index in [0.29, 0.717) is 28.4 Å². The summed E-state index contributed by atoms with van der Waals surface area (Å²) in [6, 6.07) is 23.9. The lowest BCUT2D eigenvalue weighted by molar-refractivity contribution is -0.114. The Balaban J connectivity index is 1.96. The molecule has 146 valence electrons. The molecule has 0 atom stereocenters. The molecule has 2 N–H and O–H groups in total. The number of amides is 1. The van der Waals surface area contributed by atoms with E-state index in [9.17, 15) is 9.59 Å². The Labute approximate surface area is 170 Å². The number of ether oxygens (including phenoxy) is 1. The average Bonchev–Trinajstić information content (AvgIpc) is 2.75. The van der Waals surface area contributed by atoms with Crippen molar-refractivity contribution in [3.63, 3.8) is 0 Å². The van der Waals surface area contributed by atoms with Crippen molar-refractivity contribution < 1.29 is 14.3 Å². The summed E-state index contributed by atoms with van der Waals surface area (Å²) in [5.41, 5.74) is 3.37. The normalized spacial score (nSPS) is 10.9. The van der Waals surface area contributed by atoms with Crippen molar-refractivity contribution in [3.8, 4) is 5.75 Å². The lowest BCUT2D eigenvalue weighted by atomic mass is 10.1. The van der Waals surface area contributed by atoms with Crippen LogP contribution in [-0.4, -0.2) is 18.8 Å². The molecular formula is C24H22N2O3. The first-order valence-corrected chi connectivity index (χ1v) is 9.16. The van der Waals surface area contributed by atoms with Gasteiger partial charge in [-0.3, -0.25) is 9.59 Å². The second-order valence-electron chi connectivity index (χ2n) is 6.37. The third kappa shape index (κ3) is 5.32. The number of ketones is 1. The minimum atomic E-state index is -0.168. The summed E-state index contributed by atoms with van der Waals surface area (Å²) in [6.07, 6.45) is 1.56. The second-order valence-corrected chi connectivity index (χ2v) is 6.37. The van der Waals surface area contributed by atoms with Gasteiger partial charge in [-0.25, -0.2) is 0 Å². The van der Waals surface area contributed by atoms with Crippen LogP contribution in [0.5, 0.6) is 5.75 Å². The van der Waals surface area contributed by atoms with Gasteiger partial charge in [0.2, 0.25) is 5.91 Å². The van der Waals surface area contributed by atoms with E-state index in [2.05, 4.69) is 10.6 Å². The van der Waals surface area contributed by atoms with Crippen molar-refractivity contribution >= 4 is 28.8 Å². The lowest BCUT2D eigenvalue weighted by Gasteiger charge is -2.15. The molecule has 0 heterocycles. The van der Waals surface area contributed by atoms with Gasteiger partial charge in [0.15, 0.2) is 5.78 Å². The molecule has 0 aliphatic heterocycles. The first-order valence-electron chi connectivity index (χ1n) is 9.16. The molecule has 3 aromatic carbocycles. The van der Waals surface area contributed by atoms with Crippen molar-refractivity contribution in [1.82, 2.24) is 0 Å². The van der Waals surface area contributed by atoms with Crippen LogP contribution in [-0.2, 0) is 4.79 Å². The van der Waals surface area contributed by atoms with E-state index in [1.54, 1.807) is 43.5 Å². The van der Waals surface area contributed by atoms with E-state index in [1.807, 2.05) is 48.5 Å². The minimum absolute atomic E-state index is 0.143. The van der Waals surface area contributed by atoms with Crippen LogP contribution in [0.1, 0.15) is 22.8 Å². The van der Waals surface area contributed by atoms with Crippen molar-refractivity contribution in [2.75, 3.05) is 17.7 Å². The van der Waals surface area contributed by atoms with Crippen molar-refractivity contribution in [3.05, 3.63) is 96.1 Å². The van der Waals surface area contributed by atoms with Crippen LogP contribution in [0, 0.1) is 0 Å². The van der Waals surface area contributed by atoms with Crippen molar-refractivity contribution in [2.45, 2.75) is 6.92 Å². The van der Waals surface area contributed by atoms with Gasteiger partial charge in [-0.05, 0) is 42.0 Å². The monoisotopic (exact) mass is 386 g/mol. The fourth-order valence-electron chi connectivity index (χ4n) is 2.81. The molecule has 0 saturated heterocycles. The first-order chi connectivity index (χ1) is 14.1. The van der Waals surface area contributed by atoms with E-state index < -0.39 is 0 Å². The van der Waals surface area contributed by atoms with E-state index in [-0.39, 0.29) is 11.7 Å². The number of anilines is 2. The number of allylic oxidation sites excluding steroid dienone is 1. The Kier molecular flexibility index (Phi) is 6.43. The molecule has 3 rings (SSSR count). The van der Waals surface area contributed by atoms with Crippen LogP contribution in [0.25, 0.3) is 5.70 Å². The van der Waals surface area contributed by atoms with E-state index >= 15 is 0 Å². The molecule has 29 heavy (non-hydrogen) atoms. The number of hydrogen-bond donors (Lipinski definition) is 2. The van der Waals surface area contributed by atoms with Gasteiger partial charge in [-0.1, -0.05) is 42.5 Å². The number of carbonyl (C=O) groups excluding carboxylic acids is 2. The van der Waals surface area contributed by atoms with Gasteiger partial charge in [-0.15, -0.1) is 0 Å². The van der Waals surface area contributed by atoms with Crippen LogP contribution in [0.15, 0.2) is 84.9 Å². The number of rotatable bonds is 7. The maximum atomic E-state index is 12.9. The summed E-state index contributed by atoms with van der Waals surface area (Å²) < 4.78 is 5.15. The smallest absolute Gasteiger partial charge is 0.221 e. The van der Waals surface area contributed by atoms with Gasteiger partial charge >= 0.3 is 0 Å². The number of methoxy groups -OCH3 is 1. The number of hydrogen-bond acceptors (Lipinski definition) is 4. The highest BCUT2D eigenvalue weighted by molar-refractivity contribution is 6.10. The van der Waals surface area contributed by atoms with E-state index in [0.717, 1.165) is 5.56 Å². The predicted octanol–water partition coefficient (Wildman–Crippen LogP) is 4.99. The quantitative estimate of drug-likeness (QED) is 0.443. The van der Waals surface area contributed by atoms with Crippen LogP contribution < -0.4 is 15.4 Å². The maximum absolute atomic E-state index is 12.9. The summed E-state index contributed by atoms with van der Waals surface area (Å²) in [4.78, 5) is 24.4. The summed E-state index contributed by atoms with van der Waals surface area (Å²) >= 11 is 0. The average molecular weight is 386 g/mol. The highest BCUT2D eigenvalue weighted by Crippen LogP contribution is 2.26. The molecule has 0 aliphatic carbocycles. The van der Waals surface area contributed by atoms with Crippen LogP contribution >= 0.6 is 0 Å². The van der Waals surface area contributed by atoms with Crippen molar-refractivity contribution in [2.24, 2.45) is 0 Å². The highest BCUT2D eigenvalue weighted by atomic mass is 16.5. The third-order valence-corrected chi connectivity index (χ3v) is 4.24. The van der Waals surface area contributed by atoms with E-state index in [4.69, 9.17) is 4.74 Å². The molecule has 3 aromatic rings. The largest absolute Gasteiger partial charge is 0.497 e. The van der Waals surface area contributed by atoms with Crippen LogP contribution in [0.3, 0.4) is 0 Å². The van der Waals surface area contributed by atoms with Gasteiger partial charge in [0.1, 0.15) is 5.75 Å². The summed E-state index contributed by atoms with van der Waals surface area (Å²) in [5.74, 6) is 0.381. The predicted molar refractivity (Wildman–Crippen MR) is 116 cm³/mol. The molecule has 0 saturated carbocycles. The molecule has 5 heteroatoms. The molecule has 0 fully saturated rings. The van der Waals surface area contributed by atoms with Crippen LogP contribution in [0.2, 0.25) is 0 Å². The maximum Gasteiger partial charge on any atom is 0.221 e. The number of carbonyl (C=O) groups is 2. The van der Waals surface area contributed by atoms with Crippen LogP contribution in [0.4, 0.5) is 11.4 Å².